The summed E-state index contributed by atoms with van der Waals surface area (Å²) < 4.78 is 2.89. The highest BCUT2D eigenvalue weighted by atomic mass is 35.5. The van der Waals surface area contributed by atoms with Crippen LogP contribution < -0.4 is 5.32 Å². The van der Waals surface area contributed by atoms with Gasteiger partial charge in [0.05, 0.1) is 4.34 Å². The Morgan fingerprint density at radius 3 is 3.12 bits per heavy atom. The predicted molar refractivity (Wildman–Crippen MR) is 103 cm³/mol. The number of fused-ring (bicyclic) bond motifs is 1. The van der Waals surface area contributed by atoms with Crippen LogP contribution in [0.4, 0.5) is 0 Å². The number of halogens is 1. The normalized spacial score (nSPS) is 24.0. The molecule has 4 heterocycles. The number of hydrogen-bond donors (Lipinski definition) is 2. The van der Waals surface area contributed by atoms with Crippen molar-refractivity contribution in [2.45, 2.75) is 44.2 Å². The summed E-state index contributed by atoms with van der Waals surface area (Å²) >= 11 is 7.95. The zero-order valence-electron chi connectivity index (χ0n) is 14.2. The van der Waals surface area contributed by atoms with E-state index in [0.717, 1.165) is 22.8 Å². The summed E-state index contributed by atoms with van der Waals surface area (Å²) in [6.07, 6.45) is 8.66. The number of nitrogens with one attached hydrogen (secondary N) is 1. The summed E-state index contributed by atoms with van der Waals surface area (Å²) in [5.74, 6) is 0.454. The van der Waals surface area contributed by atoms with Gasteiger partial charge >= 0.3 is 0 Å². The fourth-order valence-electron chi connectivity index (χ4n) is 4.03. The second-order valence-corrected chi connectivity index (χ2v) is 8.54. The van der Waals surface area contributed by atoms with E-state index < -0.39 is 0 Å². The Balaban J connectivity index is 1.67. The van der Waals surface area contributed by atoms with Crippen molar-refractivity contribution in [2.75, 3.05) is 6.61 Å². The Hall–Kier alpha value is -1.40. The van der Waals surface area contributed by atoms with Crippen molar-refractivity contribution < 1.29 is 5.11 Å². The van der Waals surface area contributed by atoms with E-state index in [1.165, 1.54) is 16.0 Å². The van der Waals surface area contributed by atoms with Gasteiger partial charge in [0.25, 0.3) is 0 Å². The number of aromatic nitrogens is 2. The van der Waals surface area contributed by atoms with Crippen LogP contribution in [0.3, 0.4) is 0 Å². The lowest BCUT2D eigenvalue weighted by atomic mass is 9.83. The molecule has 0 radical (unpaired) electrons. The van der Waals surface area contributed by atoms with Gasteiger partial charge in [-0.3, -0.25) is 0 Å². The molecule has 0 spiro atoms. The molecule has 0 bridgehead atoms. The molecule has 1 fully saturated rings. The maximum Gasteiger partial charge on any atom is 0.141 e. The minimum atomic E-state index is 0.164. The molecule has 4 nitrogen and oxygen atoms in total. The Bertz CT molecular complexity index is 875. The van der Waals surface area contributed by atoms with E-state index in [1.807, 2.05) is 24.7 Å². The number of imidazole rings is 1. The highest BCUT2D eigenvalue weighted by Gasteiger charge is 2.31. The number of aliphatic hydroxyl groups excluding tert-OH is 1. The van der Waals surface area contributed by atoms with Crippen molar-refractivity contribution in [3.8, 4) is 0 Å². The van der Waals surface area contributed by atoms with Crippen LogP contribution in [-0.2, 0) is 6.42 Å². The molecule has 1 aliphatic heterocycles. The molecule has 4 rings (SSSR count). The Kier molecular flexibility index (Phi) is 4.82. The molecule has 1 aliphatic rings. The summed E-state index contributed by atoms with van der Waals surface area (Å²) in [4.78, 5) is 5.88. The highest BCUT2D eigenvalue weighted by Crippen LogP contribution is 2.43. The fourth-order valence-corrected chi connectivity index (χ4v) is 5.47. The first-order valence-electron chi connectivity index (χ1n) is 8.72. The van der Waals surface area contributed by atoms with Crippen LogP contribution in [0, 0.1) is 0 Å². The molecule has 3 unspecified atom stereocenters. The van der Waals surface area contributed by atoms with Gasteiger partial charge in [-0.15, -0.1) is 11.3 Å². The van der Waals surface area contributed by atoms with Crippen molar-refractivity contribution in [1.82, 2.24) is 14.7 Å². The number of rotatable bonds is 4. The van der Waals surface area contributed by atoms with Gasteiger partial charge in [-0.25, -0.2) is 4.98 Å². The van der Waals surface area contributed by atoms with Crippen molar-refractivity contribution >= 4 is 28.6 Å². The monoisotopic (exact) mass is 375 g/mol. The zero-order valence-corrected chi connectivity index (χ0v) is 15.7. The molecule has 1 saturated heterocycles. The number of piperidine rings is 1. The molecule has 0 aliphatic carbocycles. The molecule has 0 aromatic carbocycles. The molecule has 2 N–H and O–H groups in total. The standard InChI is InChI=1S/C19H22ClN3OS/c1-12-9-14(18-13(4-8-24)11-17(20)25-18)10-16(22-12)15-3-2-6-23-7-5-21-19(15)23/h2-3,5-7,11-12,14,16,22,24H,4,8-10H2,1H3. The molecular formula is C19H22ClN3OS. The van der Waals surface area contributed by atoms with Crippen LogP contribution in [0.2, 0.25) is 4.34 Å². The van der Waals surface area contributed by atoms with Gasteiger partial charge in [-0.1, -0.05) is 17.7 Å². The van der Waals surface area contributed by atoms with E-state index in [-0.39, 0.29) is 12.6 Å². The lowest BCUT2D eigenvalue weighted by Crippen LogP contribution is -2.38. The first-order valence-corrected chi connectivity index (χ1v) is 9.91. The SMILES string of the molecule is CC1CC(c2sc(Cl)cc2CCO)CC(c2cccn3ccnc23)N1. The molecule has 3 aromatic heterocycles. The minimum absolute atomic E-state index is 0.164. The molecule has 3 aromatic rings. The molecule has 25 heavy (non-hydrogen) atoms. The topological polar surface area (TPSA) is 49.6 Å². The van der Waals surface area contributed by atoms with Gasteiger partial charge in [0, 0.05) is 47.7 Å². The molecular weight excluding hydrogens is 354 g/mol. The summed E-state index contributed by atoms with van der Waals surface area (Å²) in [5, 5.41) is 13.1. The van der Waals surface area contributed by atoms with Crippen molar-refractivity contribution in [1.29, 1.82) is 0 Å². The van der Waals surface area contributed by atoms with E-state index >= 15 is 0 Å². The third kappa shape index (κ3) is 3.34. The van der Waals surface area contributed by atoms with E-state index in [1.54, 1.807) is 11.3 Å². The van der Waals surface area contributed by atoms with Crippen LogP contribution in [0.25, 0.3) is 5.65 Å². The number of aliphatic hydroxyl groups is 1. The zero-order chi connectivity index (χ0) is 17.4. The number of hydrogen-bond acceptors (Lipinski definition) is 4. The van der Waals surface area contributed by atoms with Gasteiger partial charge in [-0.2, -0.15) is 0 Å². The summed E-state index contributed by atoms with van der Waals surface area (Å²) in [7, 11) is 0. The summed E-state index contributed by atoms with van der Waals surface area (Å²) in [5.41, 5.74) is 3.47. The predicted octanol–water partition coefficient (Wildman–Crippen LogP) is 4.18. The highest BCUT2D eigenvalue weighted by molar-refractivity contribution is 7.16. The lowest BCUT2D eigenvalue weighted by molar-refractivity contribution is 0.295. The summed E-state index contributed by atoms with van der Waals surface area (Å²) in [6.45, 7) is 2.41. The summed E-state index contributed by atoms with van der Waals surface area (Å²) in [6, 6.07) is 6.96. The third-order valence-electron chi connectivity index (χ3n) is 5.03. The van der Waals surface area contributed by atoms with Gasteiger partial charge < -0.3 is 14.8 Å². The van der Waals surface area contributed by atoms with Crippen molar-refractivity contribution in [3.63, 3.8) is 0 Å². The van der Waals surface area contributed by atoms with E-state index in [9.17, 15) is 5.11 Å². The van der Waals surface area contributed by atoms with Crippen LogP contribution >= 0.6 is 22.9 Å². The number of pyridine rings is 1. The maximum atomic E-state index is 9.37. The molecule has 0 saturated carbocycles. The van der Waals surface area contributed by atoms with Crippen molar-refractivity contribution in [2.24, 2.45) is 0 Å². The van der Waals surface area contributed by atoms with Crippen LogP contribution in [0.1, 0.15) is 47.7 Å². The first kappa shape index (κ1) is 17.0. The van der Waals surface area contributed by atoms with E-state index in [2.05, 4.69) is 33.8 Å². The molecule has 3 atom stereocenters. The third-order valence-corrected chi connectivity index (χ3v) is 6.50. The average molecular weight is 376 g/mol. The largest absolute Gasteiger partial charge is 0.396 e. The fraction of sp³-hybridized carbons (Fsp3) is 0.421. The van der Waals surface area contributed by atoms with Crippen molar-refractivity contribution in [3.05, 3.63) is 57.1 Å². The van der Waals surface area contributed by atoms with Gasteiger partial charge in [0.15, 0.2) is 0 Å². The smallest absolute Gasteiger partial charge is 0.141 e. The average Bonchev–Trinajstić information content (AvgIpc) is 3.20. The number of nitrogens with zero attached hydrogens (tertiary/aromatic N) is 2. The Morgan fingerprint density at radius 1 is 1.40 bits per heavy atom. The Labute approximate surface area is 156 Å². The second-order valence-electron chi connectivity index (χ2n) is 6.82. The van der Waals surface area contributed by atoms with Crippen LogP contribution in [-0.4, -0.2) is 27.1 Å². The van der Waals surface area contributed by atoms with Gasteiger partial charge in [0.1, 0.15) is 5.65 Å². The van der Waals surface area contributed by atoms with Gasteiger partial charge in [0.2, 0.25) is 0 Å². The second kappa shape index (κ2) is 7.08. The van der Waals surface area contributed by atoms with Crippen LogP contribution in [0.15, 0.2) is 36.8 Å². The molecule has 0 amide bonds. The number of thiophene rings is 1. The minimum Gasteiger partial charge on any atom is -0.396 e. The lowest BCUT2D eigenvalue weighted by Gasteiger charge is -2.35. The van der Waals surface area contributed by atoms with E-state index in [0.29, 0.717) is 18.4 Å². The molecule has 132 valence electrons. The first-order chi connectivity index (χ1) is 12.2. The maximum absolute atomic E-state index is 9.37. The van der Waals surface area contributed by atoms with Crippen LogP contribution in [0.5, 0.6) is 0 Å². The Morgan fingerprint density at radius 2 is 2.28 bits per heavy atom. The van der Waals surface area contributed by atoms with E-state index in [4.69, 9.17) is 11.6 Å². The van der Waals surface area contributed by atoms with Gasteiger partial charge in [-0.05, 0) is 49.8 Å². The quantitative estimate of drug-likeness (QED) is 0.719. The molecule has 6 heteroatoms.